The molecule has 8 nitrogen and oxygen atoms in total. The van der Waals surface area contributed by atoms with Crippen LogP contribution in [-0.4, -0.2) is 58.9 Å². The van der Waals surface area contributed by atoms with E-state index in [1.807, 2.05) is 31.2 Å². The van der Waals surface area contributed by atoms with Gasteiger partial charge in [-0.15, -0.1) is 10.2 Å². The summed E-state index contributed by atoms with van der Waals surface area (Å²) in [6.07, 6.45) is 3.64. The standard InChI is InChI=1S/C22H30N4O4S/c1-4-5-12-23-20(28)17-7-6-15(2)26(13-17)19(27)14-31-22-25-24-21(30-22)16-8-10-18(29-3)11-9-16/h8-11,15,17H,4-7,12-14H2,1-3H3,(H,23,28). The van der Waals surface area contributed by atoms with Crippen LogP contribution < -0.4 is 10.1 Å². The summed E-state index contributed by atoms with van der Waals surface area (Å²) in [5.74, 6) is 1.22. The number of nitrogens with one attached hydrogen (secondary N) is 1. The lowest BCUT2D eigenvalue weighted by atomic mass is 9.92. The lowest BCUT2D eigenvalue weighted by molar-refractivity contribution is -0.136. The third kappa shape index (κ3) is 6.22. The number of unbranched alkanes of at least 4 members (excludes halogenated alkanes) is 1. The Bertz CT molecular complexity index is 871. The summed E-state index contributed by atoms with van der Waals surface area (Å²) in [7, 11) is 1.61. The van der Waals surface area contributed by atoms with Crippen molar-refractivity contribution < 1.29 is 18.7 Å². The van der Waals surface area contributed by atoms with Crippen molar-refractivity contribution in [2.24, 2.45) is 5.92 Å². The predicted octanol–water partition coefficient (Wildman–Crippen LogP) is 3.38. The monoisotopic (exact) mass is 446 g/mol. The predicted molar refractivity (Wildman–Crippen MR) is 119 cm³/mol. The molecule has 2 amide bonds. The van der Waals surface area contributed by atoms with Gasteiger partial charge in [0.25, 0.3) is 5.22 Å². The van der Waals surface area contributed by atoms with Crippen molar-refractivity contribution >= 4 is 23.6 Å². The lowest BCUT2D eigenvalue weighted by Crippen LogP contribution is -2.50. The first kappa shape index (κ1) is 23.1. The van der Waals surface area contributed by atoms with Crippen molar-refractivity contribution in [1.29, 1.82) is 0 Å². The van der Waals surface area contributed by atoms with Gasteiger partial charge in [0.2, 0.25) is 17.7 Å². The number of ether oxygens (including phenoxy) is 1. The number of amides is 2. The minimum atomic E-state index is -0.146. The quantitative estimate of drug-likeness (QED) is 0.466. The third-order valence-corrected chi connectivity index (χ3v) is 6.27. The van der Waals surface area contributed by atoms with Crippen LogP contribution in [0.1, 0.15) is 39.5 Å². The van der Waals surface area contributed by atoms with E-state index in [1.54, 1.807) is 12.0 Å². The van der Waals surface area contributed by atoms with Crippen LogP contribution in [0.25, 0.3) is 11.5 Å². The van der Waals surface area contributed by atoms with Crippen molar-refractivity contribution in [3.8, 4) is 17.2 Å². The molecular weight excluding hydrogens is 416 g/mol. The Morgan fingerprint density at radius 2 is 2.03 bits per heavy atom. The number of methoxy groups -OCH3 is 1. The van der Waals surface area contributed by atoms with Crippen LogP contribution in [0.4, 0.5) is 0 Å². The molecule has 9 heteroatoms. The van der Waals surface area contributed by atoms with Gasteiger partial charge in [0.1, 0.15) is 5.75 Å². The van der Waals surface area contributed by atoms with Crippen molar-refractivity contribution in [2.75, 3.05) is 26.0 Å². The summed E-state index contributed by atoms with van der Waals surface area (Å²) in [5, 5.41) is 11.4. The molecule has 1 fully saturated rings. The number of thioether (sulfide) groups is 1. The maximum absolute atomic E-state index is 12.8. The Morgan fingerprint density at radius 1 is 1.26 bits per heavy atom. The number of rotatable bonds is 9. The number of nitrogens with zero attached hydrogens (tertiary/aromatic N) is 3. The Balaban J connectivity index is 1.53. The summed E-state index contributed by atoms with van der Waals surface area (Å²) in [5.41, 5.74) is 0.785. The molecule has 0 saturated carbocycles. The average Bonchev–Trinajstić information content (AvgIpc) is 3.27. The molecule has 31 heavy (non-hydrogen) atoms. The van der Waals surface area contributed by atoms with Crippen LogP contribution in [0.5, 0.6) is 5.75 Å². The largest absolute Gasteiger partial charge is 0.497 e. The zero-order valence-corrected chi connectivity index (χ0v) is 19.1. The SMILES string of the molecule is CCCCNC(=O)C1CCC(C)N(C(=O)CSc2nnc(-c3ccc(OC)cc3)o2)C1. The van der Waals surface area contributed by atoms with E-state index >= 15 is 0 Å². The van der Waals surface area contributed by atoms with E-state index in [4.69, 9.17) is 9.15 Å². The van der Waals surface area contributed by atoms with Crippen molar-refractivity contribution in [3.05, 3.63) is 24.3 Å². The van der Waals surface area contributed by atoms with Crippen LogP contribution in [0.3, 0.4) is 0 Å². The van der Waals surface area contributed by atoms with Crippen LogP contribution >= 0.6 is 11.8 Å². The van der Waals surface area contributed by atoms with Crippen LogP contribution in [0.15, 0.2) is 33.9 Å². The first-order chi connectivity index (χ1) is 15.0. The number of hydrogen-bond acceptors (Lipinski definition) is 7. The fourth-order valence-electron chi connectivity index (χ4n) is 3.53. The first-order valence-corrected chi connectivity index (χ1v) is 11.7. The number of likely N-dealkylation sites (tertiary alicyclic amines) is 1. The molecular formula is C22H30N4O4S. The number of aromatic nitrogens is 2. The van der Waals surface area contributed by atoms with Gasteiger partial charge in [0.05, 0.1) is 18.8 Å². The molecule has 1 aromatic carbocycles. The molecule has 1 aliphatic rings. The molecule has 168 valence electrons. The smallest absolute Gasteiger partial charge is 0.277 e. The normalized spacial score (nSPS) is 18.6. The summed E-state index contributed by atoms with van der Waals surface area (Å²) in [6, 6.07) is 7.44. The highest BCUT2D eigenvalue weighted by Gasteiger charge is 2.32. The van der Waals surface area contributed by atoms with Gasteiger partial charge in [-0.2, -0.15) is 0 Å². The summed E-state index contributed by atoms with van der Waals surface area (Å²) in [6.45, 7) is 5.27. The number of benzene rings is 1. The maximum Gasteiger partial charge on any atom is 0.277 e. The molecule has 0 radical (unpaired) electrons. The maximum atomic E-state index is 12.8. The topological polar surface area (TPSA) is 97.6 Å². The highest BCUT2D eigenvalue weighted by atomic mass is 32.2. The second-order valence-corrected chi connectivity index (χ2v) is 8.63. The van der Waals surface area contributed by atoms with Gasteiger partial charge in [0, 0.05) is 24.7 Å². The summed E-state index contributed by atoms with van der Waals surface area (Å²) >= 11 is 1.22. The highest BCUT2D eigenvalue weighted by Crippen LogP contribution is 2.27. The Kier molecular flexibility index (Phi) is 8.34. The van der Waals surface area contributed by atoms with Gasteiger partial charge in [0.15, 0.2) is 0 Å². The highest BCUT2D eigenvalue weighted by molar-refractivity contribution is 7.99. The van der Waals surface area contributed by atoms with E-state index in [9.17, 15) is 9.59 Å². The Labute approximate surface area is 187 Å². The second kappa shape index (κ2) is 11.2. The van der Waals surface area contributed by atoms with E-state index in [0.29, 0.717) is 24.2 Å². The zero-order valence-electron chi connectivity index (χ0n) is 18.3. The van der Waals surface area contributed by atoms with Crippen LogP contribution in [0, 0.1) is 5.92 Å². The van der Waals surface area contributed by atoms with Gasteiger partial charge in [-0.3, -0.25) is 9.59 Å². The van der Waals surface area contributed by atoms with Gasteiger partial charge >= 0.3 is 0 Å². The van der Waals surface area contributed by atoms with Crippen molar-refractivity contribution in [1.82, 2.24) is 20.4 Å². The molecule has 1 saturated heterocycles. The molecule has 1 N–H and O–H groups in total. The number of piperidine rings is 1. The van der Waals surface area contributed by atoms with Crippen LogP contribution in [-0.2, 0) is 9.59 Å². The molecule has 0 aliphatic carbocycles. The molecule has 2 aromatic rings. The third-order valence-electron chi connectivity index (χ3n) is 5.47. The van der Waals surface area contributed by atoms with E-state index in [0.717, 1.165) is 37.0 Å². The number of hydrogen-bond donors (Lipinski definition) is 1. The minimum absolute atomic E-state index is 0.0206. The molecule has 3 rings (SSSR count). The Hall–Kier alpha value is -2.55. The molecule has 1 aromatic heterocycles. The number of carbonyl (C=O) groups excluding carboxylic acids is 2. The zero-order chi connectivity index (χ0) is 22.2. The van der Waals surface area contributed by atoms with E-state index in [1.165, 1.54) is 11.8 Å². The summed E-state index contributed by atoms with van der Waals surface area (Å²) < 4.78 is 10.8. The first-order valence-electron chi connectivity index (χ1n) is 10.7. The summed E-state index contributed by atoms with van der Waals surface area (Å²) in [4.78, 5) is 27.0. The van der Waals surface area contributed by atoms with Gasteiger partial charge in [-0.1, -0.05) is 25.1 Å². The molecule has 0 spiro atoms. The van der Waals surface area contributed by atoms with Crippen molar-refractivity contribution in [2.45, 2.75) is 50.8 Å². The van der Waals surface area contributed by atoms with Gasteiger partial charge < -0.3 is 19.4 Å². The fraction of sp³-hybridized carbons (Fsp3) is 0.545. The molecule has 2 heterocycles. The van der Waals surface area contributed by atoms with E-state index in [-0.39, 0.29) is 29.5 Å². The molecule has 0 bridgehead atoms. The van der Waals surface area contributed by atoms with E-state index < -0.39 is 0 Å². The van der Waals surface area contributed by atoms with E-state index in [2.05, 4.69) is 22.4 Å². The van der Waals surface area contributed by atoms with Crippen molar-refractivity contribution in [3.63, 3.8) is 0 Å². The molecule has 2 atom stereocenters. The minimum Gasteiger partial charge on any atom is -0.497 e. The fourth-order valence-corrected chi connectivity index (χ4v) is 4.18. The lowest BCUT2D eigenvalue weighted by Gasteiger charge is -2.37. The second-order valence-electron chi connectivity index (χ2n) is 7.70. The van der Waals surface area contributed by atoms with Gasteiger partial charge in [-0.25, -0.2) is 0 Å². The van der Waals surface area contributed by atoms with Crippen LogP contribution in [0.2, 0.25) is 0 Å². The molecule has 2 unspecified atom stereocenters. The number of carbonyl (C=O) groups is 2. The molecule has 1 aliphatic heterocycles. The Morgan fingerprint density at radius 3 is 2.74 bits per heavy atom. The van der Waals surface area contributed by atoms with Gasteiger partial charge in [-0.05, 0) is 50.5 Å². The average molecular weight is 447 g/mol.